The molecule has 0 aromatic rings. The number of nitrogens with one attached hydrogen (secondary N) is 1. The summed E-state index contributed by atoms with van der Waals surface area (Å²) in [4.78, 5) is 11.1. The molecule has 0 bridgehead atoms. The molecule has 0 spiro atoms. The average molecular weight is 171 g/mol. The molecule has 0 amide bonds. The molecule has 0 aromatic heterocycles. The molecule has 11 heavy (non-hydrogen) atoms. The number of carbonyl (C=O) groups excluding carboxylic acids is 1. The zero-order valence-electron chi connectivity index (χ0n) is 6.72. The highest BCUT2D eigenvalue weighted by atomic mass is 32.2. The lowest BCUT2D eigenvalue weighted by atomic mass is 10.2. The van der Waals surface area contributed by atoms with Crippen molar-refractivity contribution in [3.8, 4) is 0 Å². The Balaban J connectivity index is 2.26. The van der Waals surface area contributed by atoms with Gasteiger partial charge in [0.2, 0.25) is 5.12 Å². The van der Waals surface area contributed by atoms with Crippen LogP contribution in [0.4, 0.5) is 0 Å². The van der Waals surface area contributed by atoms with E-state index in [9.17, 15) is 4.79 Å². The summed E-state index contributed by atoms with van der Waals surface area (Å²) >= 11 is 1.43. The maximum absolute atomic E-state index is 11.1. The number of hydrogen-bond donors (Lipinski definition) is 1. The third-order valence-electron chi connectivity index (χ3n) is 1.59. The molecule has 0 aromatic carbocycles. The van der Waals surface area contributed by atoms with Gasteiger partial charge in [-0.15, -0.1) is 0 Å². The first-order valence-corrected chi connectivity index (χ1v) is 4.73. The van der Waals surface area contributed by atoms with Crippen LogP contribution in [-0.4, -0.2) is 23.5 Å². The van der Waals surface area contributed by atoms with Crippen LogP contribution in [0.5, 0.6) is 0 Å². The van der Waals surface area contributed by atoms with Gasteiger partial charge in [0.1, 0.15) is 0 Å². The van der Waals surface area contributed by atoms with Crippen LogP contribution in [0.1, 0.15) is 13.3 Å². The zero-order valence-corrected chi connectivity index (χ0v) is 7.54. The van der Waals surface area contributed by atoms with Crippen LogP contribution < -0.4 is 5.32 Å². The molecule has 1 unspecified atom stereocenters. The molecule has 0 radical (unpaired) electrons. The Kier molecular flexibility index (Phi) is 3.15. The summed E-state index contributed by atoms with van der Waals surface area (Å²) in [5, 5.41) is 3.44. The molecule has 1 aliphatic rings. The molecule has 0 saturated carbocycles. The Morgan fingerprint density at radius 2 is 2.64 bits per heavy atom. The lowest BCUT2D eigenvalue weighted by Crippen LogP contribution is -2.32. The van der Waals surface area contributed by atoms with E-state index in [1.165, 1.54) is 11.8 Å². The summed E-state index contributed by atoms with van der Waals surface area (Å²) in [6.07, 6.45) is 0.969. The highest BCUT2D eigenvalue weighted by Crippen LogP contribution is 2.19. The van der Waals surface area contributed by atoms with E-state index >= 15 is 0 Å². The average Bonchev–Trinajstić information content (AvgIpc) is 2.31. The van der Waals surface area contributed by atoms with Crippen molar-refractivity contribution in [2.75, 3.05) is 12.3 Å². The molecule has 0 aliphatic carbocycles. The second-order valence-electron chi connectivity index (χ2n) is 2.85. The lowest BCUT2D eigenvalue weighted by Gasteiger charge is -2.08. The van der Waals surface area contributed by atoms with Gasteiger partial charge in [-0.25, -0.2) is 0 Å². The summed E-state index contributed by atoms with van der Waals surface area (Å²) in [7, 11) is 0. The number of hydrogen-bond acceptors (Lipinski definition) is 3. The van der Waals surface area contributed by atoms with E-state index in [0.29, 0.717) is 0 Å². The Labute approximate surface area is 71.4 Å². The van der Waals surface area contributed by atoms with Crippen LogP contribution >= 0.6 is 11.8 Å². The molecular formula is C8H13NOS. The SMILES string of the molecule is C=C(C)CNC1CCSC1=O. The third-order valence-corrected chi connectivity index (χ3v) is 2.59. The van der Waals surface area contributed by atoms with Gasteiger partial charge in [-0.05, 0) is 13.3 Å². The smallest absolute Gasteiger partial charge is 0.205 e. The van der Waals surface area contributed by atoms with Crippen molar-refractivity contribution in [1.82, 2.24) is 5.32 Å². The van der Waals surface area contributed by atoms with Crippen LogP contribution in [0, 0.1) is 0 Å². The standard InChI is InChI=1S/C8H13NOS/c1-6(2)5-9-7-3-4-11-8(7)10/h7,9H,1,3-5H2,2H3. The molecule has 1 N–H and O–H groups in total. The fourth-order valence-corrected chi connectivity index (χ4v) is 1.94. The predicted molar refractivity (Wildman–Crippen MR) is 48.7 cm³/mol. The van der Waals surface area contributed by atoms with Crippen molar-refractivity contribution >= 4 is 16.9 Å². The Bertz CT molecular complexity index is 179. The fraction of sp³-hybridized carbons (Fsp3) is 0.625. The normalized spacial score (nSPS) is 24.1. The van der Waals surface area contributed by atoms with E-state index in [1.54, 1.807) is 0 Å². The molecule has 3 heteroatoms. The first kappa shape index (κ1) is 8.81. The largest absolute Gasteiger partial charge is 0.303 e. The summed E-state index contributed by atoms with van der Waals surface area (Å²) in [5.41, 5.74) is 1.08. The van der Waals surface area contributed by atoms with Gasteiger partial charge in [-0.3, -0.25) is 4.79 Å². The minimum absolute atomic E-state index is 0.0803. The van der Waals surface area contributed by atoms with E-state index in [1.807, 2.05) is 6.92 Å². The number of carbonyl (C=O) groups is 1. The van der Waals surface area contributed by atoms with Gasteiger partial charge in [0.15, 0.2) is 0 Å². The van der Waals surface area contributed by atoms with Crippen LogP contribution in [-0.2, 0) is 4.79 Å². The highest BCUT2D eigenvalue weighted by Gasteiger charge is 2.23. The molecule has 1 heterocycles. The van der Waals surface area contributed by atoms with Gasteiger partial charge in [0, 0.05) is 12.3 Å². The van der Waals surface area contributed by atoms with Crippen LogP contribution in [0.25, 0.3) is 0 Å². The maximum Gasteiger partial charge on any atom is 0.205 e. The van der Waals surface area contributed by atoms with E-state index in [2.05, 4.69) is 11.9 Å². The van der Waals surface area contributed by atoms with E-state index in [-0.39, 0.29) is 11.2 Å². The number of rotatable bonds is 3. The van der Waals surface area contributed by atoms with Gasteiger partial charge in [0.05, 0.1) is 6.04 Å². The van der Waals surface area contributed by atoms with E-state index in [0.717, 1.165) is 24.3 Å². The molecule has 2 nitrogen and oxygen atoms in total. The van der Waals surface area contributed by atoms with Gasteiger partial charge in [-0.1, -0.05) is 23.9 Å². The third kappa shape index (κ3) is 2.67. The van der Waals surface area contributed by atoms with Crippen LogP contribution in [0.15, 0.2) is 12.2 Å². The van der Waals surface area contributed by atoms with Crippen molar-refractivity contribution in [2.45, 2.75) is 19.4 Å². The molecule has 1 fully saturated rings. The Morgan fingerprint density at radius 1 is 1.91 bits per heavy atom. The molecule has 1 atom stereocenters. The molecule has 62 valence electrons. The van der Waals surface area contributed by atoms with Crippen molar-refractivity contribution in [3.05, 3.63) is 12.2 Å². The molecule has 1 aliphatic heterocycles. The maximum atomic E-state index is 11.1. The molecule has 1 saturated heterocycles. The second-order valence-corrected chi connectivity index (χ2v) is 3.95. The van der Waals surface area contributed by atoms with Gasteiger partial charge in [0.25, 0.3) is 0 Å². The summed E-state index contributed by atoms with van der Waals surface area (Å²) in [6, 6.07) is 0.0803. The number of thioether (sulfide) groups is 1. The van der Waals surface area contributed by atoms with Crippen LogP contribution in [0.3, 0.4) is 0 Å². The van der Waals surface area contributed by atoms with Gasteiger partial charge < -0.3 is 5.32 Å². The van der Waals surface area contributed by atoms with Crippen LogP contribution in [0.2, 0.25) is 0 Å². The predicted octanol–water partition coefficient (Wildman–Crippen LogP) is 1.18. The Hall–Kier alpha value is -0.280. The zero-order chi connectivity index (χ0) is 8.27. The minimum Gasteiger partial charge on any atom is -0.303 e. The quantitative estimate of drug-likeness (QED) is 0.647. The van der Waals surface area contributed by atoms with E-state index in [4.69, 9.17) is 0 Å². The van der Waals surface area contributed by atoms with E-state index < -0.39 is 0 Å². The summed E-state index contributed by atoms with van der Waals surface area (Å²) in [6.45, 7) is 6.48. The molecular weight excluding hydrogens is 158 g/mol. The van der Waals surface area contributed by atoms with Crippen molar-refractivity contribution in [2.24, 2.45) is 0 Å². The van der Waals surface area contributed by atoms with Crippen molar-refractivity contribution in [1.29, 1.82) is 0 Å². The fourth-order valence-electron chi connectivity index (χ4n) is 0.979. The second kappa shape index (κ2) is 3.93. The first-order chi connectivity index (χ1) is 5.20. The topological polar surface area (TPSA) is 29.1 Å². The molecule has 1 rings (SSSR count). The van der Waals surface area contributed by atoms with Crippen molar-refractivity contribution < 1.29 is 4.79 Å². The Morgan fingerprint density at radius 3 is 3.09 bits per heavy atom. The summed E-state index contributed by atoms with van der Waals surface area (Å²) in [5.74, 6) is 0.965. The lowest BCUT2D eigenvalue weighted by molar-refractivity contribution is -0.112. The highest BCUT2D eigenvalue weighted by molar-refractivity contribution is 8.14. The summed E-state index contributed by atoms with van der Waals surface area (Å²) < 4.78 is 0. The van der Waals surface area contributed by atoms with Gasteiger partial charge >= 0.3 is 0 Å². The monoisotopic (exact) mass is 171 g/mol. The minimum atomic E-state index is 0.0803. The van der Waals surface area contributed by atoms with Gasteiger partial charge in [-0.2, -0.15) is 0 Å². The first-order valence-electron chi connectivity index (χ1n) is 3.74. The van der Waals surface area contributed by atoms with Crippen molar-refractivity contribution in [3.63, 3.8) is 0 Å².